The average molecular weight is 904 g/mol. The minimum Gasteiger partial charge on any atom is -0.309 e. The number of allylic oxidation sites excluding steroid dienone is 2. The van der Waals surface area contributed by atoms with Crippen LogP contribution in [0.1, 0.15) is 33.6 Å². The molecule has 0 unspecified atom stereocenters. The van der Waals surface area contributed by atoms with Crippen LogP contribution in [0.15, 0.2) is 249 Å². The smallest absolute Gasteiger partial charge is 0.171 e. The van der Waals surface area contributed by atoms with Crippen LogP contribution in [0.5, 0.6) is 0 Å². The Morgan fingerprint density at radius 2 is 0.957 bits per heavy atom. The number of nitrogens with zero attached hydrogens (tertiary/aromatic N) is 3. The van der Waals surface area contributed by atoms with Crippen LogP contribution in [0.4, 0.5) is 0 Å². The van der Waals surface area contributed by atoms with Gasteiger partial charge in [-0.15, -0.1) is 0 Å². The molecule has 0 fully saturated rings. The molecule has 2 heterocycles. The molecule has 12 rings (SSSR count). The van der Waals surface area contributed by atoms with Crippen molar-refractivity contribution in [3.05, 3.63) is 283 Å². The molecule has 4 nitrogen and oxygen atoms in total. The summed E-state index contributed by atoms with van der Waals surface area (Å²) in [6.45, 7) is 6.01. The monoisotopic (exact) mass is 903 g/mol. The summed E-state index contributed by atoms with van der Waals surface area (Å²) in [4.78, 5) is 10.5. The standard InChI is InChI=1S/C64H46N3OP/c1-3-4-30-60-44(2)67-62(46-20-10-5-11-21-46)66-61-40-35-47(41-57(61)63(67)65-60)49-34-39-56-55-38-33-48(42-58(55)64(59(56)43-49,50-22-12-6-13-23-50)51-24-14-7-15-25-51)45-31-36-54(37-32-45)69(68,52-26-16-8-17-27-52)53-28-18-9-19-29-53/h3-43H,1H2,2H3/b30-4-. The summed E-state index contributed by atoms with van der Waals surface area (Å²) in [6, 6.07) is 80.9. The Balaban J connectivity index is 1.02. The lowest BCUT2D eigenvalue weighted by atomic mass is 9.67. The summed E-state index contributed by atoms with van der Waals surface area (Å²) in [5, 5.41) is 3.43. The highest BCUT2D eigenvalue weighted by molar-refractivity contribution is 7.85. The van der Waals surface area contributed by atoms with E-state index in [1.807, 2.05) is 78.9 Å². The van der Waals surface area contributed by atoms with Gasteiger partial charge in [-0.05, 0) is 92.9 Å². The second-order valence-corrected chi connectivity index (χ2v) is 20.5. The minimum absolute atomic E-state index is 0.641. The fourth-order valence-corrected chi connectivity index (χ4v) is 13.3. The van der Waals surface area contributed by atoms with E-state index >= 15 is 4.57 Å². The molecule has 0 saturated carbocycles. The summed E-state index contributed by atoms with van der Waals surface area (Å²) < 4.78 is 17.5. The van der Waals surface area contributed by atoms with E-state index in [4.69, 9.17) is 9.97 Å². The molecule has 0 aliphatic heterocycles. The van der Waals surface area contributed by atoms with Crippen molar-refractivity contribution in [1.29, 1.82) is 0 Å². The van der Waals surface area contributed by atoms with Gasteiger partial charge in [0.05, 0.1) is 16.6 Å². The fraction of sp³-hybridized carbons (Fsp3) is 0.0312. The molecule has 1 aliphatic rings. The molecule has 328 valence electrons. The molecule has 0 spiro atoms. The minimum atomic E-state index is -3.13. The zero-order valence-electron chi connectivity index (χ0n) is 38.1. The maximum Gasteiger partial charge on any atom is 0.171 e. The van der Waals surface area contributed by atoms with Gasteiger partial charge in [-0.3, -0.25) is 4.40 Å². The van der Waals surface area contributed by atoms with Crippen LogP contribution in [0, 0.1) is 6.92 Å². The molecule has 0 saturated heterocycles. The average Bonchev–Trinajstić information content (AvgIpc) is 3.92. The molecule has 0 radical (unpaired) electrons. The molecular formula is C64H46N3OP. The van der Waals surface area contributed by atoms with Gasteiger partial charge >= 0.3 is 0 Å². The Bertz CT molecular complexity index is 3730. The highest BCUT2D eigenvalue weighted by Gasteiger charge is 2.46. The quantitative estimate of drug-likeness (QED) is 0.101. The van der Waals surface area contributed by atoms with Crippen molar-refractivity contribution >= 4 is 45.7 Å². The number of fused-ring (bicyclic) bond motifs is 6. The summed E-state index contributed by atoms with van der Waals surface area (Å²) in [6.07, 6.45) is 5.73. The summed E-state index contributed by atoms with van der Waals surface area (Å²) >= 11 is 0. The van der Waals surface area contributed by atoms with Gasteiger partial charge < -0.3 is 4.57 Å². The topological polar surface area (TPSA) is 47.3 Å². The molecule has 11 aromatic rings. The molecule has 0 atom stereocenters. The van der Waals surface area contributed by atoms with Crippen LogP contribution in [-0.2, 0) is 9.98 Å². The van der Waals surface area contributed by atoms with Crippen molar-refractivity contribution in [2.24, 2.45) is 0 Å². The molecule has 5 heteroatoms. The lowest BCUT2D eigenvalue weighted by molar-refractivity contribution is 0.592. The summed E-state index contributed by atoms with van der Waals surface area (Å²) in [7, 11) is -3.13. The van der Waals surface area contributed by atoms with E-state index in [0.717, 1.165) is 77.5 Å². The number of hydrogen-bond acceptors (Lipinski definition) is 3. The molecule has 0 amide bonds. The maximum absolute atomic E-state index is 15.3. The Kier molecular flexibility index (Phi) is 10.4. The predicted molar refractivity (Wildman–Crippen MR) is 287 cm³/mol. The van der Waals surface area contributed by atoms with E-state index in [2.05, 4.69) is 182 Å². The third-order valence-corrected chi connectivity index (χ3v) is 17.0. The van der Waals surface area contributed by atoms with Gasteiger partial charge in [-0.2, -0.15) is 0 Å². The first-order chi connectivity index (χ1) is 34.0. The lowest BCUT2D eigenvalue weighted by Crippen LogP contribution is -2.28. The zero-order valence-corrected chi connectivity index (χ0v) is 39.0. The largest absolute Gasteiger partial charge is 0.309 e. The van der Waals surface area contributed by atoms with Gasteiger partial charge in [0.2, 0.25) is 0 Å². The van der Waals surface area contributed by atoms with Crippen molar-refractivity contribution in [3.63, 3.8) is 0 Å². The van der Waals surface area contributed by atoms with E-state index in [1.165, 1.54) is 33.4 Å². The normalized spacial score (nSPS) is 12.9. The van der Waals surface area contributed by atoms with E-state index < -0.39 is 12.6 Å². The van der Waals surface area contributed by atoms with Crippen LogP contribution in [0.25, 0.3) is 67.4 Å². The molecule has 2 aromatic heterocycles. The lowest BCUT2D eigenvalue weighted by Gasteiger charge is -2.34. The number of aryl methyl sites for hydroxylation is 1. The van der Waals surface area contributed by atoms with Crippen LogP contribution in [0.3, 0.4) is 0 Å². The van der Waals surface area contributed by atoms with Gasteiger partial charge in [0.1, 0.15) is 11.5 Å². The second-order valence-electron chi connectivity index (χ2n) is 17.7. The first kappa shape index (κ1) is 42.0. The second kappa shape index (κ2) is 17.0. The highest BCUT2D eigenvalue weighted by atomic mass is 31.2. The molecule has 0 bridgehead atoms. The SMILES string of the molecule is C=C/C=C\c1nc2c3cc(-c4ccc5c(c4)C(c4ccccc4)(c4ccccc4)c4cc(-c6ccc(P(=O)(c7ccccc7)c7ccccc7)cc6)ccc4-5)ccc3nc(-c3ccccc3)n2c1C. The molecular weight excluding hydrogens is 858 g/mol. The van der Waals surface area contributed by atoms with Gasteiger partial charge in [-0.25, -0.2) is 9.97 Å². The first-order valence-corrected chi connectivity index (χ1v) is 25.1. The number of hydrogen-bond donors (Lipinski definition) is 0. The molecule has 0 N–H and O–H groups in total. The molecule has 69 heavy (non-hydrogen) atoms. The van der Waals surface area contributed by atoms with Crippen molar-refractivity contribution in [2.45, 2.75) is 12.3 Å². The predicted octanol–water partition coefficient (Wildman–Crippen LogP) is 14.4. The van der Waals surface area contributed by atoms with E-state index in [-0.39, 0.29) is 0 Å². The number of rotatable bonds is 10. The van der Waals surface area contributed by atoms with Gasteiger partial charge in [0, 0.05) is 32.6 Å². The van der Waals surface area contributed by atoms with Crippen molar-refractivity contribution in [3.8, 4) is 44.8 Å². The van der Waals surface area contributed by atoms with Crippen LogP contribution in [-0.4, -0.2) is 14.4 Å². The third-order valence-electron chi connectivity index (χ3n) is 13.9. The van der Waals surface area contributed by atoms with Crippen LogP contribution < -0.4 is 15.9 Å². The number of imidazole rings is 1. The van der Waals surface area contributed by atoms with Gasteiger partial charge in [-0.1, -0.05) is 225 Å². The van der Waals surface area contributed by atoms with E-state index in [0.29, 0.717) is 0 Å². The Morgan fingerprint density at radius 3 is 1.51 bits per heavy atom. The third kappa shape index (κ3) is 6.79. The Hall–Kier alpha value is -8.43. The highest BCUT2D eigenvalue weighted by Crippen LogP contribution is 2.57. The van der Waals surface area contributed by atoms with Gasteiger partial charge in [0.15, 0.2) is 7.14 Å². The summed E-state index contributed by atoms with van der Waals surface area (Å²) in [5.41, 5.74) is 15.6. The molecule has 9 aromatic carbocycles. The van der Waals surface area contributed by atoms with Crippen LogP contribution in [0.2, 0.25) is 0 Å². The van der Waals surface area contributed by atoms with Crippen molar-refractivity contribution in [1.82, 2.24) is 14.4 Å². The summed E-state index contributed by atoms with van der Waals surface area (Å²) in [5.74, 6) is 0.856. The fourth-order valence-electron chi connectivity index (χ4n) is 10.6. The Labute approximate surface area is 402 Å². The van der Waals surface area contributed by atoms with E-state index in [9.17, 15) is 0 Å². The first-order valence-electron chi connectivity index (χ1n) is 23.4. The maximum atomic E-state index is 15.3. The van der Waals surface area contributed by atoms with E-state index in [1.54, 1.807) is 6.08 Å². The number of benzene rings is 9. The molecule has 1 aliphatic carbocycles. The number of aromatic nitrogens is 3. The van der Waals surface area contributed by atoms with Crippen molar-refractivity contribution in [2.75, 3.05) is 0 Å². The van der Waals surface area contributed by atoms with Gasteiger partial charge in [0.25, 0.3) is 0 Å². The Morgan fingerprint density at radius 1 is 0.493 bits per heavy atom. The van der Waals surface area contributed by atoms with Crippen molar-refractivity contribution < 1.29 is 4.57 Å². The van der Waals surface area contributed by atoms with Crippen LogP contribution >= 0.6 is 7.14 Å². The zero-order chi connectivity index (χ0) is 46.5.